The van der Waals surface area contributed by atoms with Crippen LogP contribution in [0.3, 0.4) is 0 Å². The molecule has 0 bridgehead atoms. The van der Waals surface area contributed by atoms with Crippen LogP contribution in [0.1, 0.15) is 6.92 Å². The second-order valence-corrected chi connectivity index (χ2v) is 10.2. The number of nitrogens with one attached hydrogen (secondary N) is 1. The number of hydrogen-bond donors (Lipinski definition) is 1. The molecule has 0 aromatic rings. The first-order valence-electron chi connectivity index (χ1n) is 2.41. The normalized spacial score (nSPS) is 15.2. The van der Waals surface area contributed by atoms with Crippen LogP contribution in [-0.2, 0) is 0 Å². The molecule has 0 amide bonds. The van der Waals surface area contributed by atoms with Crippen LogP contribution < -0.4 is 5.20 Å². The van der Waals surface area contributed by atoms with Gasteiger partial charge in [0.1, 0.15) is 11.8 Å². The Morgan fingerprint density at radius 1 is 1.90 bits per heavy atom. The third kappa shape index (κ3) is 5.46. The van der Waals surface area contributed by atoms with E-state index in [1.54, 1.807) is 6.92 Å². The standard InChI is InChI=1S/C3H9N3P4/c1-3(2-4)5-6-10(8)9-7/h6,9H,7-8H2,1H3/b5-3-. The maximum Gasteiger partial charge on any atom is 0.134 e. The molecule has 0 spiro atoms. The third-order valence-corrected chi connectivity index (χ3v) is 9.23. The second-order valence-electron chi connectivity index (χ2n) is 1.41. The molecule has 0 radical (unpaired) electrons. The Balaban J connectivity index is 3.63. The van der Waals surface area contributed by atoms with Crippen molar-refractivity contribution in [1.29, 1.82) is 5.26 Å². The summed E-state index contributed by atoms with van der Waals surface area (Å²) in [5.41, 5.74) is 0.471. The minimum atomic E-state index is -0.298. The highest BCUT2D eigenvalue weighted by atomic mass is 32.6. The molecule has 0 aromatic carbocycles. The zero-order valence-corrected chi connectivity index (χ0v) is 9.70. The summed E-state index contributed by atoms with van der Waals surface area (Å²) in [4.78, 5) is 0. The van der Waals surface area contributed by atoms with Crippen molar-refractivity contribution in [3.8, 4) is 6.07 Å². The number of hydrogen-bond acceptors (Lipinski definition) is 3. The Morgan fingerprint density at radius 3 is 2.90 bits per heavy atom. The van der Waals surface area contributed by atoms with Gasteiger partial charge in [0.2, 0.25) is 0 Å². The van der Waals surface area contributed by atoms with E-state index in [0.717, 1.165) is 7.96 Å². The van der Waals surface area contributed by atoms with Gasteiger partial charge in [-0.1, -0.05) is 16.9 Å². The molecule has 4 unspecified atom stereocenters. The first-order chi connectivity index (χ1) is 4.70. The summed E-state index contributed by atoms with van der Waals surface area (Å²) in [7, 11) is 5.74. The van der Waals surface area contributed by atoms with Crippen LogP contribution in [0.5, 0.6) is 0 Å². The SMILES string of the molecule is C/C(C#N)=N/NP(P)PP. The number of rotatable bonds is 3. The van der Waals surface area contributed by atoms with Crippen LogP contribution in [0.2, 0.25) is 0 Å². The monoisotopic (exact) mass is 211 g/mol. The zero-order chi connectivity index (χ0) is 7.98. The summed E-state index contributed by atoms with van der Waals surface area (Å²) in [6.45, 7) is 1.67. The van der Waals surface area contributed by atoms with Crippen LogP contribution in [0.25, 0.3) is 0 Å². The molecule has 4 atom stereocenters. The molecule has 1 N–H and O–H groups in total. The zero-order valence-electron chi connectivity index (χ0n) is 5.50. The van der Waals surface area contributed by atoms with Crippen molar-refractivity contribution in [3.63, 3.8) is 0 Å². The van der Waals surface area contributed by atoms with Gasteiger partial charge in [0.25, 0.3) is 0 Å². The minimum Gasteiger partial charge on any atom is -0.280 e. The maximum absolute atomic E-state index is 8.30. The van der Waals surface area contributed by atoms with Crippen LogP contribution in [0.4, 0.5) is 0 Å². The van der Waals surface area contributed by atoms with Crippen molar-refractivity contribution < 1.29 is 0 Å². The topological polar surface area (TPSA) is 48.2 Å². The molecular formula is C3H9N3P4. The van der Waals surface area contributed by atoms with Gasteiger partial charge >= 0.3 is 0 Å². The van der Waals surface area contributed by atoms with Gasteiger partial charge < -0.3 is 0 Å². The lowest BCUT2D eigenvalue weighted by molar-refractivity contribution is 1.11. The van der Waals surface area contributed by atoms with Crippen LogP contribution in [-0.4, -0.2) is 5.71 Å². The number of nitriles is 1. The quantitative estimate of drug-likeness (QED) is 0.441. The van der Waals surface area contributed by atoms with Crippen molar-refractivity contribution >= 4 is 39.0 Å². The van der Waals surface area contributed by atoms with Crippen molar-refractivity contribution in [2.45, 2.75) is 6.92 Å². The van der Waals surface area contributed by atoms with Crippen molar-refractivity contribution in [2.75, 3.05) is 0 Å². The average molecular weight is 211 g/mol. The molecule has 0 saturated heterocycles. The largest absolute Gasteiger partial charge is 0.280 e. The van der Waals surface area contributed by atoms with E-state index in [0.29, 0.717) is 5.71 Å². The number of nitrogens with zero attached hydrogens (tertiary/aromatic N) is 2. The summed E-state index contributed by atoms with van der Waals surface area (Å²) >= 11 is 0. The molecular weight excluding hydrogens is 202 g/mol. The maximum atomic E-state index is 8.30. The molecule has 7 heteroatoms. The first-order valence-corrected chi connectivity index (χ1v) is 9.03. The summed E-state index contributed by atoms with van der Waals surface area (Å²) < 4.78 is 0. The Kier molecular flexibility index (Phi) is 6.83. The number of hydrazone groups is 1. The van der Waals surface area contributed by atoms with Crippen LogP contribution >= 0.6 is 33.3 Å². The van der Waals surface area contributed by atoms with E-state index < -0.39 is 0 Å². The Labute approximate surface area is 68.1 Å². The molecule has 0 aliphatic rings. The third-order valence-electron chi connectivity index (χ3n) is 0.626. The second kappa shape index (κ2) is 6.39. The highest BCUT2D eigenvalue weighted by Crippen LogP contribution is 2.62. The first kappa shape index (κ1) is 10.7. The van der Waals surface area contributed by atoms with E-state index in [1.165, 1.54) is 0 Å². The molecule has 0 saturated carbocycles. The van der Waals surface area contributed by atoms with Gasteiger partial charge in [-0.3, -0.25) is 5.20 Å². The van der Waals surface area contributed by atoms with E-state index in [1.807, 2.05) is 6.07 Å². The smallest absolute Gasteiger partial charge is 0.134 e. The highest BCUT2D eigenvalue weighted by Gasteiger charge is 1.92. The lowest BCUT2D eigenvalue weighted by Gasteiger charge is -2.05. The summed E-state index contributed by atoms with van der Waals surface area (Å²) in [5.74, 6) is 0. The van der Waals surface area contributed by atoms with Crippen LogP contribution in [0, 0.1) is 11.3 Å². The molecule has 0 rings (SSSR count). The minimum absolute atomic E-state index is 0.298. The van der Waals surface area contributed by atoms with E-state index in [2.05, 4.69) is 28.2 Å². The molecule has 56 valence electrons. The van der Waals surface area contributed by atoms with E-state index >= 15 is 0 Å². The van der Waals surface area contributed by atoms with Gasteiger partial charge in [-0.25, -0.2) is 0 Å². The van der Waals surface area contributed by atoms with E-state index in [-0.39, 0.29) is 7.45 Å². The fraction of sp³-hybridized carbons (Fsp3) is 0.333. The van der Waals surface area contributed by atoms with Gasteiger partial charge in [-0.05, 0) is 6.92 Å². The predicted octanol–water partition coefficient (Wildman–Crippen LogP) is 2.05. The lowest BCUT2D eigenvalue weighted by Crippen LogP contribution is -1.95. The van der Waals surface area contributed by atoms with Crippen molar-refractivity contribution in [3.05, 3.63) is 0 Å². The molecule has 0 heterocycles. The summed E-state index contributed by atoms with van der Waals surface area (Å²) in [6, 6.07) is 1.93. The Hall–Kier alpha value is 0.680. The van der Waals surface area contributed by atoms with Gasteiger partial charge in [-0.15, -0.1) is 8.93 Å². The van der Waals surface area contributed by atoms with Gasteiger partial charge in [0.05, 0.1) is 7.45 Å². The van der Waals surface area contributed by atoms with Crippen molar-refractivity contribution in [2.24, 2.45) is 5.10 Å². The Bertz CT molecular complexity index is 162. The molecule has 0 aliphatic carbocycles. The molecule has 0 aliphatic heterocycles. The van der Waals surface area contributed by atoms with Gasteiger partial charge in [0.15, 0.2) is 0 Å². The molecule has 3 nitrogen and oxygen atoms in total. The summed E-state index contributed by atoms with van der Waals surface area (Å²) in [5, 5.41) is 15.0. The fourth-order valence-corrected chi connectivity index (χ4v) is 1.51. The van der Waals surface area contributed by atoms with Gasteiger partial charge in [0, 0.05) is 0 Å². The molecule has 0 aromatic heterocycles. The lowest BCUT2D eigenvalue weighted by atomic mass is 10.5. The predicted molar refractivity (Wildman–Crippen MR) is 56.5 cm³/mol. The average Bonchev–Trinajstić information content (AvgIpc) is 1.99. The molecule has 0 fully saturated rings. The summed E-state index contributed by atoms with van der Waals surface area (Å²) in [6.07, 6.45) is 0. The van der Waals surface area contributed by atoms with E-state index in [9.17, 15) is 0 Å². The van der Waals surface area contributed by atoms with E-state index in [4.69, 9.17) is 5.26 Å². The highest BCUT2D eigenvalue weighted by molar-refractivity contribution is 8.60. The van der Waals surface area contributed by atoms with Crippen LogP contribution in [0.15, 0.2) is 5.10 Å². The van der Waals surface area contributed by atoms with Gasteiger partial charge in [-0.2, -0.15) is 10.4 Å². The van der Waals surface area contributed by atoms with Crippen molar-refractivity contribution in [1.82, 2.24) is 5.20 Å². The fourth-order valence-electron chi connectivity index (χ4n) is 0.183. The molecule has 10 heavy (non-hydrogen) atoms. The Morgan fingerprint density at radius 2 is 2.50 bits per heavy atom.